The fourth-order valence-corrected chi connectivity index (χ4v) is 9.35. The third-order valence-corrected chi connectivity index (χ3v) is 12.4. The first kappa shape index (κ1) is 36.5. The predicted octanol–water partition coefficient (Wildman–Crippen LogP) is 16.8. The number of aromatic nitrogens is 1. The van der Waals surface area contributed by atoms with Crippen molar-refractivity contribution in [3.63, 3.8) is 0 Å². The molecular weight excluding hydrogens is 765 g/mol. The van der Waals surface area contributed by atoms with Crippen molar-refractivity contribution >= 4 is 60.8 Å². The monoisotopic (exact) mass is 804 g/mol. The smallest absolute Gasteiger partial charge is 0.137 e. The number of nitrogens with zero attached hydrogens (tertiary/aromatic N) is 2. The van der Waals surface area contributed by atoms with E-state index in [9.17, 15) is 0 Å². The summed E-state index contributed by atoms with van der Waals surface area (Å²) in [5, 5.41) is 4.75. The van der Waals surface area contributed by atoms with Crippen molar-refractivity contribution in [1.82, 2.24) is 4.57 Å². The Morgan fingerprint density at radius 2 is 0.746 bits per heavy atom. The van der Waals surface area contributed by atoms with Crippen LogP contribution in [0.3, 0.4) is 0 Å². The zero-order valence-electron chi connectivity index (χ0n) is 34.4. The Labute approximate surface area is 366 Å². The molecule has 0 atom stereocenters. The Kier molecular flexibility index (Phi) is 8.83. The second kappa shape index (κ2) is 15.3. The number of furan rings is 1. The van der Waals surface area contributed by atoms with Gasteiger partial charge in [-0.2, -0.15) is 0 Å². The van der Waals surface area contributed by atoms with Gasteiger partial charge in [0.15, 0.2) is 0 Å². The van der Waals surface area contributed by atoms with Crippen molar-refractivity contribution in [3.8, 4) is 50.2 Å². The topological polar surface area (TPSA) is 21.3 Å². The summed E-state index contributed by atoms with van der Waals surface area (Å²) in [6, 6.07) is 87.0. The summed E-state index contributed by atoms with van der Waals surface area (Å²) in [5.74, 6) is 0. The number of fused-ring (bicyclic) bond motifs is 6. The summed E-state index contributed by atoms with van der Waals surface area (Å²) in [7, 11) is 0. The molecule has 10 aromatic carbocycles. The summed E-state index contributed by atoms with van der Waals surface area (Å²) >= 11 is 0. The quantitative estimate of drug-likeness (QED) is 0.153. The molecule has 0 amide bonds. The molecule has 0 fully saturated rings. The Morgan fingerprint density at radius 1 is 0.286 bits per heavy atom. The van der Waals surface area contributed by atoms with Crippen LogP contribution in [0.4, 0.5) is 17.1 Å². The second-order valence-electron chi connectivity index (χ2n) is 16.1. The van der Waals surface area contributed by atoms with E-state index in [2.05, 4.69) is 240 Å². The van der Waals surface area contributed by atoms with Crippen LogP contribution in [-0.4, -0.2) is 4.57 Å². The molecule has 2 heterocycles. The van der Waals surface area contributed by atoms with Gasteiger partial charge in [0.2, 0.25) is 0 Å². The Bertz CT molecular complexity index is 3550. The molecule has 0 radical (unpaired) electrons. The Balaban J connectivity index is 0.908. The number of rotatable bonds is 8. The Morgan fingerprint density at radius 3 is 1.41 bits per heavy atom. The predicted molar refractivity (Wildman–Crippen MR) is 264 cm³/mol. The first-order chi connectivity index (χ1) is 31.2. The van der Waals surface area contributed by atoms with E-state index < -0.39 is 0 Å². The van der Waals surface area contributed by atoms with Gasteiger partial charge in [-0.25, -0.2) is 0 Å². The number of hydrogen-bond acceptors (Lipinski definition) is 2. The van der Waals surface area contributed by atoms with Gasteiger partial charge < -0.3 is 13.9 Å². The molecule has 0 saturated carbocycles. The zero-order valence-corrected chi connectivity index (χ0v) is 34.4. The molecule has 296 valence electrons. The van der Waals surface area contributed by atoms with Crippen molar-refractivity contribution in [1.29, 1.82) is 0 Å². The lowest BCUT2D eigenvalue weighted by atomic mass is 9.97. The van der Waals surface area contributed by atoms with Gasteiger partial charge in [0.25, 0.3) is 0 Å². The van der Waals surface area contributed by atoms with Crippen LogP contribution in [0.5, 0.6) is 0 Å². The molecule has 63 heavy (non-hydrogen) atoms. The van der Waals surface area contributed by atoms with E-state index in [1.165, 1.54) is 55.2 Å². The number of benzene rings is 10. The van der Waals surface area contributed by atoms with E-state index in [1.807, 2.05) is 12.1 Å². The van der Waals surface area contributed by atoms with Gasteiger partial charge in [-0.1, -0.05) is 170 Å². The molecular formula is C60H40N2O. The maximum absolute atomic E-state index is 6.40. The highest BCUT2D eigenvalue weighted by molar-refractivity contribution is 6.10. The lowest BCUT2D eigenvalue weighted by molar-refractivity contribution is 0.669. The average Bonchev–Trinajstić information content (AvgIpc) is 3.90. The second-order valence-corrected chi connectivity index (χ2v) is 16.1. The maximum atomic E-state index is 6.40. The summed E-state index contributed by atoms with van der Waals surface area (Å²) in [5.41, 5.74) is 17.9. The van der Waals surface area contributed by atoms with Gasteiger partial charge in [0.05, 0.1) is 16.7 Å². The number of anilines is 3. The van der Waals surface area contributed by atoms with Gasteiger partial charge in [-0.3, -0.25) is 0 Å². The molecule has 3 nitrogen and oxygen atoms in total. The van der Waals surface area contributed by atoms with Gasteiger partial charge in [0, 0.05) is 50.2 Å². The first-order valence-corrected chi connectivity index (χ1v) is 21.5. The van der Waals surface area contributed by atoms with Crippen LogP contribution in [0.15, 0.2) is 247 Å². The standard InChI is InChI=1S/C60H40N2O/c1-2-13-41(14-3-1)42-25-27-43(28-26-42)44-29-33-48(34-30-44)61(50-37-38-55-54-20-7-11-24-59(54)63-60(55)40-50)49-35-31-45(32-36-49)46-15-12-16-47(39-46)51-17-4-8-21-56(51)62-57-22-9-5-18-52(57)53-19-6-10-23-58(53)62/h1-40H. The van der Waals surface area contributed by atoms with Crippen LogP contribution in [0.25, 0.3) is 93.9 Å². The number of hydrogen-bond donors (Lipinski definition) is 0. The molecule has 0 N–H and O–H groups in total. The lowest BCUT2D eigenvalue weighted by Crippen LogP contribution is -2.09. The summed E-state index contributed by atoms with van der Waals surface area (Å²) in [6.45, 7) is 0. The molecule has 12 rings (SSSR count). The van der Waals surface area contributed by atoms with E-state index >= 15 is 0 Å². The van der Waals surface area contributed by atoms with E-state index in [1.54, 1.807) is 0 Å². The fourth-order valence-electron chi connectivity index (χ4n) is 9.35. The van der Waals surface area contributed by atoms with Gasteiger partial charge in [-0.05, 0) is 106 Å². The highest BCUT2D eigenvalue weighted by atomic mass is 16.3. The molecule has 0 bridgehead atoms. The van der Waals surface area contributed by atoms with E-state index in [-0.39, 0.29) is 0 Å². The van der Waals surface area contributed by atoms with Crippen LogP contribution in [0, 0.1) is 0 Å². The van der Waals surface area contributed by atoms with E-state index in [0.717, 1.165) is 55.8 Å². The van der Waals surface area contributed by atoms with Gasteiger partial charge in [-0.15, -0.1) is 0 Å². The molecule has 0 saturated heterocycles. The molecule has 0 aliphatic heterocycles. The lowest BCUT2D eigenvalue weighted by Gasteiger charge is -2.26. The summed E-state index contributed by atoms with van der Waals surface area (Å²) < 4.78 is 8.81. The van der Waals surface area contributed by atoms with Crippen molar-refractivity contribution in [2.75, 3.05) is 4.90 Å². The van der Waals surface area contributed by atoms with Crippen LogP contribution in [-0.2, 0) is 0 Å². The molecule has 0 spiro atoms. The van der Waals surface area contributed by atoms with Gasteiger partial charge >= 0.3 is 0 Å². The fraction of sp³-hybridized carbons (Fsp3) is 0. The minimum absolute atomic E-state index is 0.864. The summed E-state index contributed by atoms with van der Waals surface area (Å²) in [4.78, 5) is 2.32. The van der Waals surface area contributed by atoms with Crippen LogP contribution >= 0.6 is 0 Å². The third kappa shape index (κ3) is 6.46. The SMILES string of the molecule is c1ccc(-c2ccc(-c3ccc(N(c4ccc(-c5cccc(-c6ccccc6-n6c7ccccc7c7ccccc76)c5)cc4)c4ccc5c(c4)oc4ccccc45)cc3)cc2)cc1. The molecule has 3 heteroatoms. The third-order valence-electron chi connectivity index (χ3n) is 12.4. The molecule has 12 aromatic rings. The number of para-hydroxylation sites is 4. The maximum Gasteiger partial charge on any atom is 0.137 e. The molecule has 0 unspecified atom stereocenters. The van der Waals surface area contributed by atoms with Crippen molar-refractivity contribution in [3.05, 3.63) is 243 Å². The van der Waals surface area contributed by atoms with Crippen molar-refractivity contribution in [2.24, 2.45) is 0 Å². The van der Waals surface area contributed by atoms with E-state index in [4.69, 9.17) is 4.42 Å². The average molecular weight is 805 g/mol. The van der Waals surface area contributed by atoms with E-state index in [0.29, 0.717) is 0 Å². The largest absolute Gasteiger partial charge is 0.456 e. The minimum atomic E-state index is 0.864. The Hall–Kier alpha value is -8.40. The molecule has 0 aliphatic rings. The zero-order chi connectivity index (χ0) is 41.7. The highest BCUT2D eigenvalue weighted by Gasteiger charge is 2.18. The van der Waals surface area contributed by atoms with Crippen molar-refractivity contribution in [2.45, 2.75) is 0 Å². The summed E-state index contributed by atoms with van der Waals surface area (Å²) in [6.07, 6.45) is 0. The van der Waals surface area contributed by atoms with Gasteiger partial charge in [0.1, 0.15) is 11.2 Å². The normalized spacial score (nSPS) is 11.5. The van der Waals surface area contributed by atoms with Crippen LogP contribution in [0.1, 0.15) is 0 Å². The first-order valence-electron chi connectivity index (χ1n) is 21.5. The van der Waals surface area contributed by atoms with Crippen LogP contribution < -0.4 is 4.90 Å². The highest BCUT2D eigenvalue weighted by Crippen LogP contribution is 2.41. The van der Waals surface area contributed by atoms with Crippen LogP contribution in [0.2, 0.25) is 0 Å². The molecule has 2 aromatic heterocycles. The minimum Gasteiger partial charge on any atom is -0.456 e. The van der Waals surface area contributed by atoms with Crippen molar-refractivity contribution < 1.29 is 4.42 Å². The molecule has 0 aliphatic carbocycles.